The molecule has 1 heterocycles. The molecule has 0 saturated carbocycles. The van der Waals surface area contributed by atoms with E-state index in [4.69, 9.17) is 21.1 Å². The number of aromatic nitrogens is 2. The van der Waals surface area contributed by atoms with E-state index in [1.807, 2.05) is 19.1 Å². The van der Waals surface area contributed by atoms with E-state index in [9.17, 15) is 0 Å². The minimum atomic E-state index is -0.0616. The third kappa shape index (κ3) is 3.43. The Morgan fingerprint density at radius 2 is 1.86 bits per heavy atom. The fourth-order valence-electron chi connectivity index (χ4n) is 2.20. The molecule has 112 valence electrons. The van der Waals surface area contributed by atoms with Gasteiger partial charge in [-0.3, -0.25) is 0 Å². The summed E-state index contributed by atoms with van der Waals surface area (Å²) in [7, 11) is 3.15. The molecule has 0 aliphatic rings. The molecule has 1 unspecified atom stereocenters. The van der Waals surface area contributed by atoms with Gasteiger partial charge in [0, 0.05) is 18.0 Å². The Hall–Kier alpha value is -1.85. The Labute approximate surface area is 129 Å². The average molecular weight is 308 g/mol. The lowest BCUT2D eigenvalue weighted by Gasteiger charge is -2.20. The predicted octanol–water partition coefficient (Wildman–Crippen LogP) is 2.85. The molecule has 0 saturated heterocycles. The van der Waals surface area contributed by atoms with Crippen LogP contribution in [0.5, 0.6) is 11.5 Å². The molecule has 0 bridgehead atoms. The highest BCUT2D eigenvalue weighted by Crippen LogP contribution is 2.38. The van der Waals surface area contributed by atoms with E-state index in [0.717, 1.165) is 17.7 Å². The number of nitrogens with zero attached hydrogens (tertiary/aromatic N) is 2. The molecule has 21 heavy (non-hydrogen) atoms. The van der Waals surface area contributed by atoms with Gasteiger partial charge in [0.2, 0.25) is 0 Å². The topological polar surface area (TPSA) is 56.3 Å². The van der Waals surface area contributed by atoms with E-state index in [1.54, 1.807) is 26.6 Å². The molecule has 0 amide bonds. The smallest absolute Gasteiger partial charge is 0.179 e. The fourth-order valence-corrected chi connectivity index (χ4v) is 2.49. The van der Waals surface area contributed by atoms with Crippen LogP contribution in [0, 0.1) is 0 Å². The zero-order chi connectivity index (χ0) is 15.2. The first-order chi connectivity index (χ1) is 10.2. The molecule has 6 heteroatoms. The first-order valence-electron chi connectivity index (χ1n) is 6.61. The summed E-state index contributed by atoms with van der Waals surface area (Å²) in [6.07, 6.45) is 5.07. The van der Waals surface area contributed by atoms with Gasteiger partial charge < -0.3 is 14.8 Å². The van der Waals surface area contributed by atoms with Gasteiger partial charge in [-0.1, -0.05) is 18.5 Å². The lowest BCUT2D eigenvalue weighted by Crippen LogP contribution is -2.22. The lowest BCUT2D eigenvalue weighted by molar-refractivity contribution is 0.354. The van der Waals surface area contributed by atoms with E-state index in [-0.39, 0.29) is 6.04 Å². The second-order valence-electron chi connectivity index (χ2n) is 4.40. The molecular weight excluding hydrogens is 290 g/mol. The number of hydrogen-bond acceptors (Lipinski definition) is 5. The van der Waals surface area contributed by atoms with Crippen LogP contribution < -0.4 is 14.8 Å². The van der Waals surface area contributed by atoms with Crippen molar-refractivity contribution >= 4 is 11.6 Å². The van der Waals surface area contributed by atoms with E-state index in [1.165, 1.54) is 6.33 Å². The van der Waals surface area contributed by atoms with Gasteiger partial charge in [-0.25, -0.2) is 9.97 Å². The van der Waals surface area contributed by atoms with Gasteiger partial charge in [0.15, 0.2) is 11.5 Å². The van der Waals surface area contributed by atoms with Gasteiger partial charge in [0.25, 0.3) is 0 Å². The van der Waals surface area contributed by atoms with Gasteiger partial charge in [-0.15, -0.1) is 0 Å². The lowest BCUT2D eigenvalue weighted by atomic mass is 10.0. The number of benzene rings is 1. The second kappa shape index (κ2) is 7.24. The zero-order valence-electron chi connectivity index (χ0n) is 12.3. The van der Waals surface area contributed by atoms with Gasteiger partial charge in [0.1, 0.15) is 6.33 Å². The van der Waals surface area contributed by atoms with Crippen LogP contribution >= 0.6 is 11.6 Å². The maximum absolute atomic E-state index is 6.28. The molecule has 2 aromatic rings. The molecule has 0 aliphatic carbocycles. The van der Waals surface area contributed by atoms with Crippen molar-refractivity contribution in [3.05, 3.63) is 47.0 Å². The van der Waals surface area contributed by atoms with Crippen LogP contribution in [-0.4, -0.2) is 30.7 Å². The summed E-state index contributed by atoms with van der Waals surface area (Å²) >= 11 is 6.28. The molecular formula is C15H18ClN3O2. The first kappa shape index (κ1) is 15.5. The zero-order valence-corrected chi connectivity index (χ0v) is 13.0. The van der Waals surface area contributed by atoms with Gasteiger partial charge in [-0.05, 0) is 24.2 Å². The maximum atomic E-state index is 6.28. The quantitative estimate of drug-likeness (QED) is 0.889. The highest BCUT2D eigenvalue weighted by atomic mass is 35.5. The molecule has 0 aliphatic heterocycles. The molecule has 0 radical (unpaired) electrons. The monoisotopic (exact) mass is 307 g/mol. The number of methoxy groups -OCH3 is 2. The molecule has 1 atom stereocenters. The summed E-state index contributed by atoms with van der Waals surface area (Å²) in [4.78, 5) is 8.14. The average Bonchev–Trinajstić information content (AvgIpc) is 2.52. The van der Waals surface area contributed by atoms with Crippen molar-refractivity contribution in [1.82, 2.24) is 15.3 Å². The van der Waals surface area contributed by atoms with Gasteiger partial charge in [-0.2, -0.15) is 0 Å². The van der Waals surface area contributed by atoms with E-state index >= 15 is 0 Å². The van der Waals surface area contributed by atoms with Crippen molar-refractivity contribution in [3.8, 4) is 11.5 Å². The summed E-state index contributed by atoms with van der Waals surface area (Å²) in [6.45, 7) is 2.84. The van der Waals surface area contributed by atoms with Crippen LogP contribution in [0.4, 0.5) is 0 Å². The van der Waals surface area contributed by atoms with Crippen LogP contribution in [0.2, 0.25) is 5.02 Å². The summed E-state index contributed by atoms with van der Waals surface area (Å²) in [6, 6.07) is 3.71. The van der Waals surface area contributed by atoms with Crippen LogP contribution in [0.15, 0.2) is 30.9 Å². The molecule has 5 nitrogen and oxygen atoms in total. The van der Waals surface area contributed by atoms with Crippen LogP contribution in [-0.2, 0) is 0 Å². The molecule has 1 N–H and O–H groups in total. The SMILES string of the molecule is CCNC(c1cncnc1)c1cc(Cl)c(OC)c(OC)c1. The molecule has 1 aromatic heterocycles. The minimum Gasteiger partial charge on any atom is -0.493 e. The number of ether oxygens (including phenoxy) is 2. The Morgan fingerprint density at radius 3 is 2.43 bits per heavy atom. The number of halogens is 1. The van der Waals surface area contributed by atoms with Crippen molar-refractivity contribution in [1.29, 1.82) is 0 Å². The standard InChI is InChI=1S/C15H18ClN3O2/c1-4-19-14(11-7-17-9-18-8-11)10-5-12(16)15(21-3)13(6-10)20-2/h5-9,14,19H,4H2,1-3H3. The number of nitrogens with one attached hydrogen (secondary N) is 1. The Kier molecular flexibility index (Phi) is 5.36. The Balaban J connectivity index is 2.48. The minimum absolute atomic E-state index is 0.0616. The van der Waals surface area contributed by atoms with Crippen LogP contribution in [0.25, 0.3) is 0 Å². The summed E-state index contributed by atoms with van der Waals surface area (Å²) in [5.41, 5.74) is 1.93. The number of hydrogen-bond donors (Lipinski definition) is 1. The van der Waals surface area contributed by atoms with Crippen molar-refractivity contribution in [2.24, 2.45) is 0 Å². The second-order valence-corrected chi connectivity index (χ2v) is 4.81. The van der Waals surface area contributed by atoms with E-state index in [0.29, 0.717) is 16.5 Å². The summed E-state index contributed by atoms with van der Waals surface area (Å²) in [5, 5.41) is 3.90. The molecule has 2 rings (SSSR count). The predicted molar refractivity (Wildman–Crippen MR) is 82.1 cm³/mol. The number of rotatable bonds is 6. The Bertz CT molecular complexity index is 593. The molecule has 1 aromatic carbocycles. The highest BCUT2D eigenvalue weighted by Gasteiger charge is 2.18. The van der Waals surface area contributed by atoms with Crippen LogP contribution in [0.1, 0.15) is 24.1 Å². The summed E-state index contributed by atoms with van der Waals surface area (Å²) in [5.74, 6) is 1.13. The van der Waals surface area contributed by atoms with Crippen molar-refractivity contribution in [2.45, 2.75) is 13.0 Å². The molecule has 0 spiro atoms. The van der Waals surface area contributed by atoms with E-state index < -0.39 is 0 Å². The molecule has 0 fully saturated rings. The van der Waals surface area contributed by atoms with E-state index in [2.05, 4.69) is 15.3 Å². The third-order valence-electron chi connectivity index (χ3n) is 3.11. The van der Waals surface area contributed by atoms with Crippen molar-refractivity contribution in [3.63, 3.8) is 0 Å². The van der Waals surface area contributed by atoms with Gasteiger partial charge in [0.05, 0.1) is 25.3 Å². The maximum Gasteiger partial charge on any atom is 0.179 e. The normalized spacial score (nSPS) is 12.0. The van der Waals surface area contributed by atoms with Crippen molar-refractivity contribution in [2.75, 3.05) is 20.8 Å². The fraction of sp³-hybridized carbons (Fsp3) is 0.333. The van der Waals surface area contributed by atoms with Gasteiger partial charge >= 0.3 is 0 Å². The largest absolute Gasteiger partial charge is 0.493 e. The summed E-state index contributed by atoms with van der Waals surface area (Å²) < 4.78 is 10.6. The Morgan fingerprint density at radius 1 is 1.14 bits per heavy atom. The highest BCUT2D eigenvalue weighted by molar-refractivity contribution is 6.32. The first-order valence-corrected chi connectivity index (χ1v) is 6.98. The van der Waals surface area contributed by atoms with Crippen molar-refractivity contribution < 1.29 is 9.47 Å². The van der Waals surface area contributed by atoms with Crippen LogP contribution in [0.3, 0.4) is 0 Å². The third-order valence-corrected chi connectivity index (χ3v) is 3.39.